The van der Waals surface area contributed by atoms with Crippen LogP contribution in [0.3, 0.4) is 0 Å². The normalized spacial score (nSPS) is 16.5. The van der Waals surface area contributed by atoms with Gasteiger partial charge >= 0.3 is 5.97 Å². The minimum Gasteiger partial charge on any atom is -0.492 e. The first-order valence-electron chi connectivity index (χ1n) is 9.98. The Morgan fingerprint density at radius 2 is 1.93 bits per heavy atom. The first kappa shape index (κ1) is 21.5. The van der Waals surface area contributed by atoms with Gasteiger partial charge in [0.2, 0.25) is 11.7 Å². The van der Waals surface area contributed by atoms with Gasteiger partial charge in [-0.05, 0) is 61.3 Å². The van der Waals surface area contributed by atoms with Crippen LogP contribution in [0.1, 0.15) is 49.7 Å². The average Bonchev–Trinajstić information content (AvgIpc) is 3.13. The Labute approximate surface area is 175 Å². The molecule has 1 aromatic rings. The lowest BCUT2D eigenvalue weighted by Gasteiger charge is -2.20. The predicted octanol–water partition coefficient (Wildman–Crippen LogP) is 2.67. The summed E-state index contributed by atoms with van der Waals surface area (Å²) in [5, 5.41) is 20.6. The highest BCUT2D eigenvalue weighted by Gasteiger charge is 2.31. The Hall–Kier alpha value is -3.23. The van der Waals surface area contributed by atoms with Gasteiger partial charge in [0.05, 0.1) is 26.5 Å². The van der Waals surface area contributed by atoms with Crippen LogP contribution in [0.4, 0.5) is 0 Å². The summed E-state index contributed by atoms with van der Waals surface area (Å²) in [5.41, 5.74) is 13.3. The predicted molar refractivity (Wildman–Crippen MR) is 113 cm³/mol. The van der Waals surface area contributed by atoms with Gasteiger partial charge in [0.1, 0.15) is 0 Å². The number of hydrogen-bond donors (Lipinski definition) is 4. The number of carbonyl (C=O) groups is 1. The number of guanidine groups is 1. The van der Waals surface area contributed by atoms with Crippen molar-refractivity contribution in [3.63, 3.8) is 0 Å². The molecule has 30 heavy (non-hydrogen) atoms. The van der Waals surface area contributed by atoms with Crippen molar-refractivity contribution in [2.45, 2.75) is 44.9 Å². The van der Waals surface area contributed by atoms with E-state index < -0.39 is 5.97 Å². The number of nitrogens with two attached hydrogens (primary N) is 1. The van der Waals surface area contributed by atoms with E-state index in [9.17, 15) is 4.79 Å². The standard InChI is InChI=1S/C21H28N4O5/c1-28-19-16(30-10-4-7-17(26)27)11-12-8-9-15(24-25-21(22)23)13-5-3-6-14(13)18(12)20(19)29-2/h11H,3-10H2,1-2H3,(H,26,27)(H4,22,23,25)/b24-15+. The second-order valence-corrected chi connectivity index (χ2v) is 7.22. The van der Waals surface area contributed by atoms with Gasteiger partial charge in [0, 0.05) is 12.0 Å². The molecule has 0 atom stereocenters. The largest absolute Gasteiger partial charge is 0.492 e. The number of aliphatic carboxylic acids is 1. The molecule has 0 aliphatic heterocycles. The molecule has 0 saturated carbocycles. The number of allylic oxidation sites excluding steroid dienone is 2. The zero-order chi connectivity index (χ0) is 21.7. The molecule has 0 spiro atoms. The van der Waals surface area contributed by atoms with Crippen molar-refractivity contribution in [1.82, 2.24) is 5.43 Å². The number of hydrogen-bond acceptors (Lipinski definition) is 6. The van der Waals surface area contributed by atoms with Gasteiger partial charge in [-0.15, -0.1) is 0 Å². The van der Waals surface area contributed by atoms with E-state index in [2.05, 4.69) is 10.5 Å². The summed E-state index contributed by atoms with van der Waals surface area (Å²) in [6, 6.07) is 1.96. The number of nitrogens with zero attached hydrogens (tertiary/aromatic N) is 1. The second-order valence-electron chi connectivity index (χ2n) is 7.22. The molecule has 162 valence electrons. The highest BCUT2D eigenvalue weighted by Crippen LogP contribution is 2.50. The maximum absolute atomic E-state index is 10.8. The number of methoxy groups -OCH3 is 2. The smallest absolute Gasteiger partial charge is 0.303 e. The number of ether oxygens (including phenoxy) is 3. The molecule has 0 aromatic heterocycles. The Morgan fingerprint density at radius 1 is 1.20 bits per heavy atom. The molecular formula is C21H28N4O5. The van der Waals surface area contributed by atoms with Gasteiger partial charge in [-0.2, -0.15) is 5.10 Å². The summed E-state index contributed by atoms with van der Waals surface area (Å²) in [6.07, 6.45) is 4.69. The third-order valence-corrected chi connectivity index (χ3v) is 5.29. The SMILES string of the molecule is COc1c(OCCCC(=O)O)cc2c(c1OC)C1=C(CCC1)/C(=N/NC(=N)N)CC2. The lowest BCUT2D eigenvalue weighted by Crippen LogP contribution is -2.27. The fraction of sp³-hybridized carbons (Fsp3) is 0.476. The molecule has 0 heterocycles. The Balaban J connectivity index is 2.02. The molecule has 0 amide bonds. The van der Waals surface area contributed by atoms with Crippen LogP contribution in [0.2, 0.25) is 0 Å². The summed E-state index contributed by atoms with van der Waals surface area (Å²) >= 11 is 0. The van der Waals surface area contributed by atoms with Gasteiger partial charge in [0.15, 0.2) is 11.5 Å². The third kappa shape index (κ3) is 4.50. The zero-order valence-electron chi connectivity index (χ0n) is 17.3. The maximum atomic E-state index is 10.8. The van der Waals surface area contributed by atoms with Gasteiger partial charge in [-0.3, -0.25) is 10.2 Å². The average molecular weight is 416 g/mol. The van der Waals surface area contributed by atoms with Crippen LogP contribution < -0.4 is 25.4 Å². The zero-order valence-corrected chi connectivity index (χ0v) is 17.3. The van der Waals surface area contributed by atoms with E-state index in [4.69, 9.17) is 30.5 Å². The summed E-state index contributed by atoms with van der Waals surface area (Å²) in [5.74, 6) is 0.629. The number of benzene rings is 1. The first-order chi connectivity index (χ1) is 14.5. The van der Waals surface area contributed by atoms with E-state index in [1.165, 1.54) is 5.57 Å². The lowest BCUT2D eigenvalue weighted by atomic mass is 9.95. The summed E-state index contributed by atoms with van der Waals surface area (Å²) in [7, 11) is 3.18. The molecule has 9 heteroatoms. The van der Waals surface area contributed by atoms with Crippen LogP contribution >= 0.6 is 0 Å². The maximum Gasteiger partial charge on any atom is 0.303 e. The van der Waals surface area contributed by atoms with E-state index in [1.807, 2.05) is 6.07 Å². The topological polar surface area (TPSA) is 139 Å². The van der Waals surface area contributed by atoms with Crippen molar-refractivity contribution in [1.29, 1.82) is 5.41 Å². The number of hydrazone groups is 1. The van der Waals surface area contributed by atoms with Crippen molar-refractivity contribution in [2.24, 2.45) is 10.8 Å². The van der Waals surface area contributed by atoms with Gasteiger partial charge < -0.3 is 25.1 Å². The number of carboxylic acid groups (broad SMARTS) is 1. The van der Waals surface area contributed by atoms with E-state index in [0.717, 1.165) is 41.7 Å². The fourth-order valence-electron chi connectivity index (χ4n) is 4.09. The van der Waals surface area contributed by atoms with Gasteiger partial charge in [-0.25, -0.2) is 5.43 Å². The molecule has 0 fully saturated rings. The highest BCUT2D eigenvalue weighted by molar-refractivity contribution is 6.09. The first-order valence-corrected chi connectivity index (χ1v) is 9.98. The lowest BCUT2D eigenvalue weighted by molar-refractivity contribution is -0.137. The number of rotatable bonds is 8. The monoisotopic (exact) mass is 416 g/mol. The van der Waals surface area contributed by atoms with Crippen molar-refractivity contribution >= 4 is 23.2 Å². The van der Waals surface area contributed by atoms with Crippen LogP contribution in [-0.2, 0) is 11.2 Å². The van der Waals surface area contributed by atoms with Gasteiger partial charge in [0.25, 0.3) is 0 Å². The Bertz CT molecular complexity index is 907. The van der Waals surface area contributed by atoms with Crippen molar-refractivity contribution in [2.75, 3.05) is 20.8 Å². The Kier molecular flexibility index (Phi) is 6.81. The number of aryl methyl sites for hydroxylation is 1. The third-order valence-electron chi connectivity index (χ3n) is 5.29. The number of nitrogens with one attached hydrogen (secondary N) is 2. The summed E-state index contributed by atoms with van der Waals surface area (Å²) in [6.45, 7) is 0.272. The molecule has 0 radical (unpaired) electrons. The van der Waals surface area contributed by atoms with Crippen molar-refractivity contribution in [3.05, 3.63) is 22.8 Å². The quantitative estimate of drug-likeness (QED) is 0.221. The fourth-order valence-corrected chi connectivity index (χ4v) is 4.09. The van der Waals surface area contributed by atoms with Crippen LogP contribution in [-0.4, -0.2) is 43.6 Å². The van der Waals surface area contributed by atoms with Crippen molar-refractivity contribution < 1.29 is 24.1 Å². The van der Waals surface area contributed by atoms with Crippen LogP contribution in [0.25, 0.3) is 5.57 Å². The number of fused-ring (bicyclic) bond motifs is 2. The highest BCUT2D eigenvalue weighted by atomic mass is 16.5. The second kappa shape index (κ2) is 9.51. The number of carboxylic acids is 1. The van der Waals surface area contributed by atoms with E-state index in [-0.39, 0.29) is 19.0 Å². The van der Waals surface area contributed by atoms with E-state index in [1.54, 1.807) is 14.2 Å². The molecule has 0 unspecified atom stereocenters. The minimum absolute atomic E-state index is 0.0452. The van der Waals surface area contributed by atoms with Crippen LogP contribution in [0.15, 0.2) is 16.7 Å². The summed E-state index contributed by atoms with van der Waals surface area (Å²) in [4.78, 5) is 10.8. The van der Waals surface area contributed by atoms with E-state index >= 15 is 0 Å². The Morgan fingerprint density at radius 3 is 2.60 bits per heavy atom. The molecular weight excluding hydrogens is 388 g/mol. The molecule has 0 bridgehead atoms. The van der Waals surface area contributed by atoms with Crippen molar-refractivity contribution in [3.8, 4) is 17.2 Å². The molecule has 1 aromatic carbocycles. The molecule has 3 rings (SSSR count). The summed E-state index contributed by atoms with van der Waals surface area (Å²) < 4.78 is 17.3. The molecule has 2 aliphatic carbocycles. The molecule has 0 saturated heterocycles. The minimum atomic E-state index is -0.850. The molecule has 2 aliphatic rings. The van der Waals surface area contributed by atoms with Crippen LogP contribution in [0, 0.1) is 5.41 Å². The molecule has 9 nitrogen and oxygen atoms in total. The van der Waals surface area contributed by atoms with E-state index in [0.29, 0.717) is 36.5 Å². The van der Waals surface area contributed by atoms with Gasteiger partial charge in [-0.1, -0.05) is 0 Å². The molecule has 5 N–H and O–H groups in total. The van der Waals surface area contributed by atoms with Crippen LogP contribution in [0.5, 0.6) is 17.2 Å².